The highest BCUT2D eigenvalue weighted by atomic mass is 32.2. The Morgan fingerprint density at radius 2 is 1.72 bits per heavy atom. The maximum absolute atomic E-state index is 13.4. The van der Waals surface area contributed by atoms with Crippen LogP contribution in [0, 0.1) is 0 Å². The summed E-state index contributed by atoms with van der Waals surface area (Å²) >= 11 is 0. The van der Waals surface area contributed by atoms with E-state index in [0.717, 1.165) is 13.1 Å². The second-order valence-electron chi connectivity index (χ2n) is 8.61. The monoisotopic (exact) mass is 460 g/mol. The van der Waals surface area contributed by atoms with Gasteiger partial charge in [0.1, 0.15) is 0 Å². The van der Waals surface area contributed by atoms with Crippen LogP contribution < -0.4 is 5.56 Å². The van der Waals surface area contributed by atoms with Crippen LogP contribution in [0.3, 0.4) is 0 Å². The Bertz CT molecular complexity index is 1140. The van der Waals surface area contributed by atoms with Gasteiger partial charge in [-0.15, -0.1) is 0 Å². The molecule has 174 valence electrons. The van der Waals surface area contributed by atoms with Gasteiger partial charge in [-0.1, -0.05) is 26.7 Å². The lowest BCUT2D eigenvalue weighted by Gasteiger charge is -2.38. The number of carbonyl (C=O) groups is 1. The van der Waals surface area contributed by atoms with Crippen LogP contribution in [-0.2, 0) is 10.0 Å². The smallest absolute Gasteiger partial charge is 0.254 e. The van der Waals surface area contributed by atoms with E-state index in [2.05, 4.69) is 9.88 Å². The number of aromatic nitrogens is 1. The quantitative estimate of drug-likeness (QED) is 0.714. The van der Waals surface area contributed by atoms with Gasteiger partial charge < -0.3 is 9.88 Å². The number of amides is 1. The first-order valence-corrected chi connectivity index (χ1v) is 13.0. The number of benzene rings is 1. The summed E-state index contributed by atoms with van der Waals surface area (Å²) in [6, 6.07) is 6.49. The molecule has 1 N–H and O–H groups in total. The topological polar surface area (TPSA) is 93.8 Å². The van der Waals surface area contributed by atoms with Gasteiger partial charge in [0.2, 0.25) is 15.6 Å². The number of hydrogen-bond donors (Lipinski definition) is 1. The fourth-order valence-electron chi connectivity index (χ4n) is 5.01. The molecule has 0 atom stereocenters. The molecule has 2 fully saturated rings. The Hall–Kier alpha value is -2.23. The minimum absolute atomic E-state index is 0.126. The minimum Gasteiger partial charge on any atom is -0.336 e. The lowest BCUT2D eigenvalue weighted by atomic mass is 10.1. The molecule has 1 aliphatic carbocycles. The van der Waals surface area contributed by atoms with Crippen LogP contribution in [0.25, 0.3) is 10.9 Å². The van der Waals surface area contributed by atoms with Crippen molar-refractivity contribution < 1.29 is 13.2 Å². The van der Waals surface area contributed by atoms with Crippen molar-refractivity contribution in [1.29, 1.82) is 0 Å². The molecule has 1 amide bonds. The average Bonchev–Trinajstić information content (AvgIpc) is 3.33. The Labute approximate surface area is 189 Å². The van der Waals surface area contributed by atoms with Crippen molar-refractivity contribution in [2.24, 2.45) is 0 Å². The molecular formula is C23H32N4O4S. The summed E-state index contributed by atoms with van der Waals surface area (Å²) in [5, 5.41) is 0.459. The summed E-state index contributed by atoms with van der Waals surface area (Å²) in [4.78, 5) is 32.7. The summed E-state index contributed by atoms with van der Waals surface area (Å²) in [7, 11) is -3.68. The summed E-state index contributed by atoms with van der Waals surface area (Å²) in [6.07, 6.45) is 5.02. The van der Waals surface area contributed by atoms with Crippen molar-refractivity contribution in [3.8, 4) is 0 Å². The number of nitrogens with one attached hydrogen (secondary N) is 1. The van der Waals surface area contributed by atoms with Crippen LogP contribution in [0.2, 0.25) is 0 Å². The van der Waals surface area contributed by atoms with Crippen LogP contribution in [0.1, 0.15) is 49.9 Å². The summed E-state index contributed by atoms with van der Waals surface area (Å²) in [6.45, 7) is 7.19. The molecule has 1 saturated heterocycles. The summed E-state index contributed by atoms with van der Waals surface area (Å²) in [5.74, 6) is -0.218. The first-order valence-electron chi connectivity index (χ1n) is 11.6. The van der Waals surface area contributed by atoms with Gasteiger partial charge in [-0.2, -0.15) is 4.31 Å². The first kappa shape index (κ1) is 22.9. The van der Waals surface area contributed by atoms with E-state index < -0.39 is 10.0 Å². The molecule has 1 aromatic carbocycles. The van der Waals surface area contributed by atoms with E-state index in [-0.39, 0.29) is 21.9 Å². The fourth-order valence-corrected chi connectivity index (χ4v) is 6.50. The molecule has 0 spiro atoms. The highest BCUT2D eigenvalue weighted by molar-refractivity contribution is 7.89. The molecular weight excluding hydrogens is 428 g/mol. The number of nitrogens with zero attached hydrogens (tertiary/aromatic N) is 3. The Morgan fingerprint density at radius 3 is 2.34 bits per heavy atom. The van der Waals surface area contributed by atoms with Crippen molar-refractivity contribution >= 4 is 26.8 Å². The van der Waals surface area contributed by atoms with E-state index in [9.17, 15) is 18.0 Å². The molecule has 1 aliphatic heterocycles. The number of H-pyrrole nitrogens is 1. The predicted molar refractivity (Wildman–Crippen MR) is 124 cm³/mol. The van der Waals surface area contributed by atoms with Crippen LogP contribution in [-0.4, -0.2) is 78.7 Å². The van der Waals surface area contributed by atoms with Crippen molar-refractivity contribution in [3.63, 3.8) is 0 Å². The lowest BCUT2D eigenvalue weighted by Crippen LogP contribution is -2.51. The maximum Gasteiger partial charge on any atom is 0.254 e. The third-order valence-corrected chi connectivity index (χ3v) is 8.88. The van der Waals surface area contributed by atoms with Gasteiger partial charge >= 0.3 is 0 Å². The van der Waals surface area contributed by atoms with Crippen molar-refractivity contribution in [1.82, 2.24) is 19.1 Å². The molecule has 0 unspecified atom stereocenters. The van der Waals surface area contributed by atoms with Crippen molar-refractivity contribution in [2.45, 2.75) is 50.5 Å². The third-order valence-electron chi connectivity index (χ3n) is 6.83. The molecule has 1 aromatic heterocycles. The van der Waals surface area contributed by atoms with Crippen LogP contribution in [0.4, 0.5) is 0 Å². The average molecular weight is 461 g/mol. The van der Waals surface area contributed by atoms with E-state index in [0.29, 0.717) is 43.1 Å². The second kappa shape index (κ2) is 9.33. The van der Waals surface area contributed by atoms with Crippen LogP contribution in [0.15, 0.2) is 34.0 Å². The highest BCUT2D eigenvalue weighted by Gasteiger charge is 2.29. The van der Waals surface area contributed by atoms with E-state index >= 15 is 0 Å². The third kappa shape index (κ3) is 4.33. The zero-order valence-corrected chi connectivity index (χ0v) is 19.7. The SMILES string of the molecule is CCN(CC)S(=O)(=O)c1ccc2[nH]c(=O)cc(C(=O)N3CCN(C4CCCC4)CC3)c2c1. The van der Waals surface area contributed by atoms with Crippen molar-refractivity contribution in [3.05, 3.63) is 40.2 Å². The van der Waals surface area contributed by atoms with Crippen LogP contribution >= 0.6 is 0 Å². The fraction of sp³-hybridized carbons (Fsp3) is 0.565. The zero-order valence-electron chi connectivity index (χ0n) is 18.8. The van der Waals surface area contributed by atoms with E-state index in [1.54, 1.807) is 24.8 Å². The number of piperazine rings is 1. The van der Waals surface area contributed by atoms with Gasteiger partial charge in [0.05, 0.1) is 10.5 Å². The number of sulfonamides is 1. The van der Waals surface area contributed by atoms with Crippen molar-refractivity contribution in [2.75, 3.05) is 39.3 Å². The first-order chi connectivity index (χ1) is 15.3. The standard InChI is InChI=1S/C23H32N4O4S/c1-3-27(4-2)32(30,31)18-9-10-21-19(15-18)20(16-22(28)24-21)23(29)26-13-11-25(12-14-26)17-7-5-6-8-17/h9-10,15-17H,3-8,11-14H2,1-2H3,(H,24,28). The largest absolute Gasteiger partial charge is 0.336 e. The number of carbonyl (C=O) groups excluding carboxylic acids is 1. The zero-order chi connectivity index (χ0) is 22.9. The molecule has 0 bridgehead atoms. The van der Waals surface area contributed by atoms with Gasteiger partial charge in [0, 0.05) is 62.3 Å². The van der Waals surface area contributed by atoms with E-state index in [4.69, 9.17) is 0 Å². The number of rotatable bonds is 6. The van der Waals surface area contributed by atoms with Gasteiger partial charge in [-0.3, -0.25) is 14.5 Å². The minimum atomic E-state index is -3.68. The molecule has 2 heterocycles. The highest BCUT2D eigenvalue weighted by Crippen LogP contribution is 2.26. The van der Waals surface area contributed by atoms with Gasteiger partial charge in [-0.05, 0) is 31.0 Å². The predicted octanol–water partition coefficient (Wildman–Crippen LogP) is 2.26. The Balaban J connectivity index is 1.64. The molecule has 0 radical (unpaired) electrons. The van der Waals surface area contributed by atoms with Gasteiger partial charge in [0.15, 0.2) is 0 Å². The molecule has 8 nitrogen and oxygen atoms in total. The maximum atomic E-state index is 13.4. The normalized spacial score (nSPS) is 18.7. The molecule has 1 saturated carbocycles. The molecule has 4 rings (SSSR count). The molecule has 2 aromatic rings. The second-order valence-corrected chi connectivity index (χ2v) is 10.5. The van der Waals surface area contributed by atoms with E-state index in [1.807, 2.05) is 0 Å². The lowest BCUT2D eigenvalue weighted by molar-refractivity contribution is 0.0575. The summed E-state index contributed by atoms with van der Waals surface area (Å²) < 4.78 is 27.4. The summed E-state index contributed by atoms with van der Waals surface area (Å²) in [5.41, 5.74) is 0.350. The van der Waals surface area contributed by atoms with Crippen LogP contribution in [0.5, 0.6) is 0 Å². The number of aromatic amines is 1. The van der Waals surface area contributed by atoms with Gasteiger partial charge in [-0.25, -0.2) is 8.42 Å². The molecule has 32 heavy (non-hydrogen) atoms. The molecule has 9 heteroatoms. The number of fused-ring (bicyclic) bond motifs is 1. The number of hydrogen-bond acceptors (Lipinski definition) is 5. The Kier molecular flexibility index (Phi) is 6.69. The van der Waals surface area contributed by atoms with Gasteiger partial charge in [0.25, 0.3) is 5.91 Å². The Morgan fingerprint density at radius 1 is 1.06 bits per heavy atom. The number of pyridine rings is 1. The van der Waals surface area contributed by atoms with E-state index in [1.165, 1.54) is 48.2 Å². The molecule has 2 aliphatic rings.